The van der Waals surface area contributed by atoms with Crippen molar-refractivity contribution in [3.8, 4) is 0 Å². The standard InChI is InChI=1S/C9H10BrFO/c1-2-8(12)6-4-3-5-7(10)9(6)11/h3-5,8,12H,2H2,1H3. The maximum Gasteiger partial charge on any atom is 0.143 e. The third kappa shape index (κ3) is 1.84. The molecular weight excluding hydrogens is 223 g/mol. The molecule has 1 aromatic rings. The predicted octanol–water partition coefficient (Wildman–Crippen LogP) is 3.03. The monoisotopic (exact) mass is 232 g/mol. The minimum Gasteiger partial charge on any atom is -0.388 e. The zero-order chi connectivity index (χ0) is 9.14. The molecule has 0 radical (unpaired) electrons. The molecule has 1 rings (SSSR count). The molecule has 0 aliphatic rings. The van der Waals surface area contributed by atoms with E-state index in [1.165, 1.54) is 0 Å². The molecule has 0 saturated carbocycles. The third-order valence-corrected chi connectivity index (χ3v) is 2.34. The van der Waals surface area contributed by atoms with Crippen molar-refractivity contribution in [2.75, 3.05) is 0 Å². The van der Waals surface area contributed by atoms with Gasteiger partial charge in [0.05, 0.1) is 10.6 Å². The number of rotatable bonds is 2. The number of aliphatic hydroxyl groups is 1. The summed E-state index contributed by atoms with van der Waals surface area (Å²) in [5.74, 6) is -0.369. The van der Waals surface area contributed by atoms with Crippen molar-refractivity contribution in [3.05, 3.63) is 34.1 Å². The van der Waals surface area contributed by atoms with Gasteiger partial charge in [-0.3, -0.25) is 0 Å². The van der Waals surface area contributed by atoms with Gasteiger partial charge in [0.2, 0.25) is 0 Å². The van der Waals surface area contributed by atoms with Gasteiger partial charge in [-0.1, -0.05) is 19.1 Å². The second-order valence-electron chi connectivity index (χ2n) is 2.57. The molecule has 0 spiro atoms. The number of benzene rings is 1. The Morgan fingerprint density at radius 2 is 2.25 bits per heavy atom. The molecule has 1 nitrogen and oxygen atoms in total. The van der Waals surface area contributed by atoms with Crippen LogP contribution in [0.3, 0.4) is 0 Å². The van der Waals surface area contributed by atoms with Crippen LogP contribution in [0.5, 0.6) is 0 Å². The lowest BCUT2D eigenvalue weighted by atomic mass is 10.1. The summed E-state index contributed by atoms with van der Waals surface area (Å²) < 4.78 is 13.6. The van der Waals surface area contributed by atoms with Crippen LogP contribution in [0, 0.1) is 5.82 Å². The van der Waals surface area contributed by atoms with Gasteiger partial charge in [0, 0.05) is 5.56 Å². The van der Waals surface area contributed by atoms with Crippen molar-refractivity contribution in [1.82, 2.24) is 0 Å². The van der Waals surface area contributed by atoms with Gasteiger partial charge in [-0.2, -0.15) is 0 Å². The topological polar surface area (TPSA) is 20.2 Å². The molecule has 66 valence electrons. The van der Waals surface area contributed by atoms with Crippen molar-refractivity contribution in [2.24, 2.45) is 0 Å². The molecule has 1 aromatic carbocycles. The molecule has 3 heteroatoms. The van der Waals surface area contributed by atoms with Gasteiger partial charge in [0.25, 0.3) is 0 Å². The summed E-state index contributed by atoms with van der Waals surface area (Å²) in [5, 5.41) is 9.37. The average molecular weight is 233 g/mol. The zero-order valence-corrected chi connectivity index (χ0v) is 8.31. The van der Waals surface area contributed by atoms with Crippen molar-refractivity contribution in [3.63, 3.8) is 0 Å². The fourth-order valence-corrected chi connectivity index (χ4v) is 1.38. The Labute approximate surface area is 79.4 Å². The van der Waals surface area contributed by atoms with Crippen LogP contribution in [-0.2, 0) is 0 Å². The first-order valence-corrected chi connectivity index (χ1v) is 4.58. The molecule has 1 unspecified atom stereocenters. The molecular formula is C9H10BrFO. The van der Waals surface area contributed by atoms with Gasteiger partial charge in [0.1, 0.15) is 5.82 Å². The van der Waals surface area contributed by atoms with E-state index in [1.54, 1.807) is 18.2 Å². The van der Waals surface area contributed by atoms with Crippen LogP contribution >= 0.6 is 15.9 Å². The summed E-state index contributed by atoms with van der Waals surface area (Å²) >= 11 is 3.06. The highest BCUT2D eigenvalue weighted by atomic mass is 79.9. The smallest absolute Gasteiger partial charge is 0.143 e. The summed E-state index contributed by atoms with van der Waals surface area (Å²) in [6, 6.07) is 4.91. The zero-order valence-electron chi connectivity index (χ0n) is 6.72. The Balaban J connectivity index is 3.07. The number of halogens is 2. The fraction of sp³-hybridized carbons (Fsp3) is 0.333. The molecule has 0 bridgehead atoms. The van der Waals surface area contributed by atoms with Crippen LogP contribution in [0.15, 0.2) is 22.7 Å². The minimum atomic E-state index is -0.706. The molecule has 0 heterocycles. The fourth-order valence-electron chi connectivity index (χ4n) is 0.998. The Morgan fingerprint density at radius 1 is 1.58 bits per heavy atom. The maximum atomic E-state index is 13.2. The molecule has 0 amide bonds. The van der Waals surface area contributed by atoms with E-state index >= 15 is 0 Å². The first-order chi connectivity index (χ1) is 5.66. The highest BCUT2D eigenvalue weighted by Gasteiger charge is 2.11. The summed E-state index contributed by atoms with van der Waals surface area (Å²) in [5.41, 5.74) is 0.354. The van der Waals surface area contributed by atoms with Gasteiger partial charge in [-0.15, -0.1) is 0 Å². The lowest BCUT2D eigenvalue weighted by molar-refractivity contribution is 0.169. The molecule has 0 aromatic heterocycles. The molecule has 0 aliphatic heterocycles. The highest BCUT2D eigenvalue weighted by molar-refractivity contribution is 9.10. The van der Waals surface area contributed by atoms with E-state index in [0.29, 0.717) is 16.5 Å². The average Bonchev–Trinajstić information content (AvgIpc) is 2.08. The SMILES string of the molecule is CCC(O)c1cccc(Br)c1F. The van der Waals surface area contributed by atoms with E-state index in [9.17, 15) is 9.50 Å². The Hall–Kier alpha value is -0.410. The van der Waals surface area contributed by atoms with E-state index in [2.05, 4.69) is 15.9 Å². The van der Waals surface area contributed by atoms with E-state index < -0.39 is 6.10 Å². The quantitative estimate of drug-likeness (QED) is 0.832. The summed E-state index contributed by atoms with van der Waals surface area (Å²) in [7, 11) is 0. The Bertz CT molecular complexity index is 275. The number of hydrogen-bond donors (Lipinski definition) is 1. The highest BCUT2D eigenvalue weighted by Crippen LogP contribution is 2.24. The van der Waals surface area contributed by atoms with Crippen LogP contribution in [0.25, 0.3) is 0 Å². The molecule has 12 heavy (non-hydrogen) atoms. The van der Waals surface area contributed by atoms with E-state index in [1.807, 2.05) is 6.92 Å². The lowest BCUT2D eigenvalue weighted by Gasteiger charge is -2.09. The van der Waals surface area contributed by atoms with Crippen molar-refractivity contribution >= 4 is 15.9 Å². The van der Waals surface area contributed by atoms with Crippen LogP contribution < -0.4 is 0 Å². The van der Waals surface area contributed by atoms with E-state index in [-0.39, 0.29) is 5.82 Å². The van der Waals surface area contributed by atoms with E-state index in [0.717, 1.165) is 0 Å². The van der Waals surface area contributed by atoms with Gasteiger partial charge in [-0.25, -0.2) is 4.39 Å². The predicted molar refractivity (Wildman–Crippen MR) is 49.4 cm³/mol. The largest absolute Gasteiger partial charge is 0.388 e. The molecule has 0 aliphatic carbocycles. The summed E-state index contributed by atoms with van der Waals surface area (Å²) in [6.45, 7) is 1.81. The van der Waals surface area contributed by atoms with Gasteiger partial charge >= 0.3 is 0 Å². The molecule has 1 atom stereocenters. The first kappa shape index (κ1) is 9.68. The maximum absolute atomic E-state index is 13.2. The van der Waals surface area contributed by atoms with Crippen LogP contribution in [0.2, 0.25) is 0 Å². The van der Waals surface area contributed by atoms with Gasteiger partial charge in [0.15, 0.2) is 0 Å². The minimum absolute atomic E-state index is 0.354. The Kier molecular flexibility index (Phi) is 3.23. The molecule has 0 fully saturated rings. The van der Waals surface area contributed by atoms with Crippen molar-refractivity contribution in [2.45, 2.75) is 19.4 Å². The number of aliphatic hydroxyl groups excluding tert-OH is 1. The van der Waals surface area contributed by atoms with Crippen LogP contribution in [-0.4, -0.2) is 5.11 Å². The third-order valence-electron chi connectivity index (χ3n) is 1.73. The lowest BCUT2D eigenvalue weighted by Crippen LogP contribution is -1.99. The molecule has 0 saturated heterocycles. The summed E-state index contributed by atoms with van der Waals surface area (Å²) in [6.07, 6.45) is -0.185. The summed E-state index contributed by atoms with van der Waals surface area (Å²) in [4.78, 5) is 0. The Morgan fingerprint density at radius 3 is 2.83 bits per heavy atom. The first-order valence-electron chi connectivity index (χ1n) is 3.78. The van der Waals surface area contributed by atoms with Gasteiger partial charge < -0.3 is 5.11 Å². The second-order valence-corrected chi connectivity index (χ2v) is 3.42. The van der Waals surface area contributed by atoms with Gasteiger partial charge in [-0.05, 0) is 28.4 Å². The number of hydrogen-bond acceptors (Lipinski definition) is 1. The van der Waals surface area contributed by atoms with Crippen LogP contribution in [0.4, 0.5) is 4.39 Å². The van der Waals surface area contributed by atoms with Crippen molar-refractivity contribution in [1.29, 1.82) is 0 Å². The normalized spacial score (nSPS) is 13.0. The van der Waals surface area contributed by atoms with Crippen molar-refractivity contribution < 1.29 is 9.50 Å². The second kappa shape index (κ2) is 4.01. The van der Waals surface area contributed by atoms with Crippen LogP contribution in [0.1, 0.15) is 25.0 Å². The molecule has 1 N–H and O–H groups in total. The van der Waals surface area contributed by atoms with E-state index in [4.69, 9.17) is 0 Å².